The maximum absolute atomic E-state index is 12.8. The molecule has 0 unspecified atom stereocenters. The van der Waals surface area contributed by atoms with Gasteiger partial charge in [-0.15, -0.1) is 0 Å². The number of aromatic hydroxyl groups is 1. The van der Waals surface area contributed by atoms with Crippen LogP contribution in [0.4, 0.5) is 10.5 Å². The molecule has 214 valence electrons. The quantitative estimate of drug-likeness (QED) is 0.312. The van der Waals surface area contributed by atoms with Gasteiger partial charge in [0.2, 0.25) is 6.29 Å². The number of carbonyl (C=O) groups excluding carboxylic acids is 2. The molecule has 2 amide bonds. The van der Waals surface area contributed by atoms with Crippen molar-refractivity contribution < 1.29 is 47.9 Å². The third kappa shape index (κ3) is 5.39. The number of fused-ring (bicyclic) bond motifs is 1. The fourth-order valence-corrected chi connectivity index (χ4v) is 4.60. The summed E-state index contributed by atoms with van der Waals surface area (Å²) in [5.41, 5.74) is 3.16. The van der Waals surface area contributed by atoms with E-state index in [1.807, 2.05) is 0 Å². The van der Waals surface area contributed by atoms with Gasteiger partial charge in [0.05, 0.1) is 18.1 Å². The van der Waals surface area contributed by atoms with E-state index in [4.69, 9.17) is 33.8 Å². The van der Waals surface area contributed by atoms with Crippen LogP contribution in [0.5, 0.6) is 17.2 Å². The molecule has 2 heterocycles. The molecule has 0 radical (unpaired) electrons. The molecule has 1 aliphatic rings. The van der Waals surface area contributed by atoms with E-state index >= 15 is 0 Å². The lowest BCUT2D eigenvalue weighted by Crippen LogP contribution is -2.65. The van der Waals surface area contributed by atoms with E-state index in [1.54, 1.807) is 32.9 Å². The number of hydrogen-bond acceptors (Lipinski definition) is 11. The predicted molar refractivity (Wildman–Crippen MR) is 141 cm³/mol. The zero-order chi connectivity index (χ0) is 29.4. The average Bonchev–Trinajstić information content (AvgIpc) is 2.90. The maximum Gasteiger partial charge on any atom is 0.404 e. The van der Waals surface area contributed by atoms with E-state index in [2.05, 4.69) is 5.32 Å². The van der Waals surface area contributed by atoms with Crippen molar-refractivity contribution in [3.8, 4) is 17.2 Å². The van der Waals surface area contributed by atoms with Crippen LogP contribution >= 0.6 is 0 Å². The van der Waals surface area contributed by atoms with Crippen molar-refractivity contribution in [2.75, 3.05) is 19.5 Å². The number of hydrogen-bond donors (Lipinski definition) is 4. The fraction of sp³-hybridized carbons (Fsp3) is 0.370. The number of aliphatic hydroxyl groups is 1. The van der Waals surface area contributed by atoms with Gasteiger partial charge in [0.25, 0.3) is 5.91 Å². The van der Waals surface area contributed by atoms with Crippen LogP contribution in [-0.2, 0) is 14.2 Å². The number of aryl methyl sites for hydroxylation is 1. The molecule has 1 aromatic heterocycles. The number of methoxy groups -OCH3 is 2. The summed E-state index contributed by atoms with van der Waals surface area (Å²) in [5.74, 6) is -0.467. The molecule has 1 fully saturated rings. The molecule has 13 heteroatoms. The highest BCUT2D eigenvalue weighted by molar-refractivity contribution is 6.06. The second-order valence-electron chi connectivity index (χ2n) is 9.62. The molecule has 13 nitrogen and oxygen atoms in total. The average molecular weight is 559 g/mol. The molecule has 4 atom stereocenters. The molecule has 4 rings (SSSR count). The van der Waals surface area contributed by atoms with Crippen LogP contribution in [0.2, 0.25) is 0 Å². The first-order valence-electron chi connectivity index (χ1n) is 12.1. The van der Waals surface area contributed by atoms with E-state index in [-0.39, 0.29) is 27.8 Å². The number of anilines is 1. The molecule has 0 bridgehead atoms. The number of rotatable bonds is 7. The van der Waals surface area contributed by atoms with Crippen molar-refractivity contribution in [2.24, 2.45) is 5.73 Å². The number of carbonyl (C=O) groups is 2. The minimum Gasteiger partial charge on any atom is -0.505 e. The van der Waals surface area contributed by atoms with Crippen molar-refractivity contribution in [2.45, 2.75) is 51.0 Å². The van der Waals surface area contributed by atoms with Gasteiger partial charge in [0, 0.05) is 18.2 Å². The summed E-state index contributed by atoms with van der Waals surface area (Å²) < 4.78 is 32.8. The molecular formula is C27H30N2O11. The third-order valence-corrected chi connectivity index (χ3v) is 6.61. The van der Waals surface area contributed by atoms with Crippen molar-refractivity contribution in [1.29, 1.82) is 0 Å². The van der Waals surface area contributed by atoms with Gasteiger partial charge in [-0.1, -0.05) is 0 Å². The second kappa shape index (κ2) is 11.0. The lowest BCUT2D eigenvalue weighted by Gasteiger charge is -2.47. The molecule has 5 N–H and O–H groups in total. The van der Waals surface area contributed by atoms with E-state index < -0.39 is 59.3 Å². The van der Waals surface area contributed by atoms with E-state index in [0.29, 0.717) is 5.75 Å². The topological polar surface area (TPSA) is 189 Å². The van der Waals surface area contributed by atoms with Gasteiger partial charge in [-0.2, -0.15) is 0 Å². The Labute approximate surface area is 228 Å². The number of nitrogens with two attached hydrogens (primary N) is 1. The van der Waals surface area contributed by atoms with Crippen molar-refractivity contribution in [3.63, 3.8) is 0 Å². The Morgan fingerprint density at radius 2 is 1.77 bits per heavy atom. The summed E-state index contributed by atoms with van der Waals surface area (Å²) in [6.45, 7) is 4.88. The number of aliphatic hydroxyl groups excluding tert-OH is 1. The summed E-state index contributed by atoms with van der Waals surface area (Å²) in [4.78, 5) is 36.9. The first kappa shape index (κ1) is 28.7. The Balaban J connectivity index is 1.64. The lowest BCUT2D eigenvalue weighted by atomic mass is 9.89. The first-order chi connectivity index (χ1) is 18.9. The third-order valence-electron chi connectivity index (χ3n) is 6.61. The zero-order valence-electron chi connectivity index (χ0n) is 22.4. The van der Waals surface area contributed by atoms with E-state index in [9.17, 15) is 24.6 Å². The molecular weight excluding hydrogens is 528 g/mol. The van der Waals surface area contributed by atoms with Gasteiger partial charge in [0.1, 0.15) is 23.2 Å². The molecule has 40 heavy (non-hydrogen) atoms. The summed E-state index contributed by atoms with van der Waals surface area (Å²) in [6, 6.07) is 9.02. The van der Waals surface area contributed by atoms with Crippen LogP contribution in [0.3, 0.4) is 0 Å². The highest BCUT2D eigenvalue weighted by Gasteiger charge is 2.53. The highest BCUT2D eigenvalue weighted by atomic mass is 16.7. The molecule has 2 aromatic carbocycles. The van der Waals surface area contributed by atoms with Gasteiger partial charge in [-0.05, 0) is 57.2 Å². The Hall–Kier alpha value is -4.33. The van der Waals surface area contributed by atoms with Crippen molar-refractivity contribution in [3.05, 3.63) is 57.9 Å². The Morgan fingerprint density at radius 3 is 2.38 bits per heavy atom. The van der Waals surface area contributed by atoms with Gasteiger partial charge in [0.15, 0.2) is 23.6 Å². The maximum atomic E-state index is 12.8. The summed E-state index contributed by atoms with van der Waals surface area (Å²) in [7, 11) is 2.86. The van der Waals surface area contributed by atoms with Crippen LogP contribution in [0, 0.1) is 6.92 Å². The summed E-state index contributed by atoms with van der Waals surface area (Å²) in [6.07, 6.45) is -6.04. The summed E-state index contributed by atoms with van der Waals surface area (Å²) >= 11 is 0. The second-order valence-corrected chi connectivity index (χ2v) is 9.62. The molecule has 0 aliphatic carbocycles. The number of amides is 2. The van der Waals surface area contributed by atoms with Gasteiger partial charge in [-0.25, -0.2) is 9.59 Å². The largest absolute Gasteiger partial charge is 0.505 e. The Bertz CT molecular complexity index is 1480. The monoisotopic (exact) mass is 558 g/mol. The van der Waals surface area contributed by atoms with Crippen LogP contribution in [0.25, 0.3) is 11.0 Å². The smallest absolute Gasteiger partial charge is 0.404 e. The molecule has 0 spiro atoms. The number of ether oxygens (including phenoxy) is 5. The van der Waals surface area contributed by atoms with Crippen LogP contribution in [-0.4, -0.2) is 66.6 Å². The highest BCUT2D eigenvalue weighted by Crippen LogP contribution is 2.38. The van der Waals surface area contributed by atoms with Gasteiger partial charge >= 0.3 is 11.7 Å². The van der Waals surface area contributed by atoms with E-state index in [1.165, 1.54) is 38.5 Å². The molecule has 1 saturated heterocycles. The molecule has 0 saturated carbocycles. The standard InChI is InChI=1S/C27H30N2O11/c1-12-16(37-25-19(31)21(39-26(28)34)22(36-5)27(2,3)40-25)11-10-15-18(30)17(24(33)38-20(12)15)29-23(32)13-6-8-14(35-4)9-7-13/h6-11,19,21-22,25,30-31H,1-5H3,(H2,28,34)(H,29,32)/t19-,21+,22-,25-/m1/s1. The predicted octanol–water partition coefficient (Wildman–Crippen LogP) is 2.42. The summed E-state index contributed by atoms with van der Waals surface area (Å²) in [5, 5.41) is 24.2. The molecule has 3 aromatic rings. The lowest BCUT2D eigenvalue weighted by molar-refractivity contribution is -0.304. The Morgan fingerprint density at radius 1 is 1.10 bits per heavy atom. The van der Waals surface area contributed by atoms with Crippen molar-refractivity contribution in [1.82, 2.24) is 0 Å². The van der Waals surface area contributed by atoms with Crippen LogP contribution < -0.4 is 26.1 Å². The number of primary amides is 1. The Kier molecular flexibility index (Phi) is 7.91. The van der Waals surface area contributed by atoms with Crippen LogP contribution in [0.1, 0.15) is 29.8 Å². The molecule has 1 aliphatic heterocycles. The van der Waals surface area contributed by atoms with Gasteiger partial charge < -0.3 is 49.4 Å². The number of benzene rings is 2. The SMILES string of the molecule is COc1ccc(C(=O)Nc2c(O)c3ccc(O[C@@H]4OC(C)(C)[C@H](OC)[C@@H](OC(N)=O)[C@H]4O)c(C)c3oc2=O)cc1. The van der Waals surface area contributed by atoms with E-state index in [0.717, 1.165) is 0 Å². The first-order valence-corrected chi connectivity index (χ1v) is 12.1. The van der Waals surface area contributed by atoms with Gasteiger partial charge in [-0.3, -0.25) is 4.79 Å². The minimum atomic E-state index is -1.50. The fourth-order valence-electron chi connectivity index (χ4n) is 4.60. The zero-order valence-corrected chi connectivity index (χ0v) is 22.4. The van der Waals surface area contributed by atoms with Crippen molar-refractivity contribution >= 4 is 28.7 Å². The van der Waals surface area contributed by atoms with Crippen LogP contribution in [0.15, 0.2) is 45.6 Å². The normalized spacial score (nSPS) is 21.9. The number of nitrogens with one attached hydrogen (secondary N) is 1. The minimum absolute atomic E-state index is 0.0216.